The number of fused-ring (bicyclic) bond motifs is 1. The highest BCUT2D eigenvalue weighted by atomic mass is 16.5. The van der Waals surface area contributed by atoms with Crippen LogP contribution < -0.4 is 15.0 Å². The van der Waals surface area contributed by atoms with Crippen molar-refractivity contribution in [3.8, 4) is 11.4 Å². The second-order valence-electron chi connectivity index (χ2n) is 9.50. The summed E-state index contributed by atoms with van der Waals surface area (Å²) in [5.74, 6) is 0.644. The number of amides is 2. The van der Waals surface area contributed by atoms with Gasteiger partial charge in [-0.3, -0.25) is 9.59 Å². The van der Waals surface area contributed by atoms with Crippen LogP contribution in [0.3, 0.4) is 0 Å². The van der Waals surface area contributed by atoms with Gasteiger partial charge in [0.25, 0.3) is 5.91 Å². The number of hydrogen-bond acceptors (Lipinski definition) is 5. The van der Waals surface area contributed by atoms with Gasteiger partial charge in [-0.1, -0.05) is 30.3 Å². The Labute approximate surface area is 211 Å². The molecular formula is C28H33N5O3. The summed E-state index contributed by atoms with van der Waals surface area (Å²) in [5, 5.41) is 7.68. The summed E-state index contributed by atoms with van der Waals surface area (Å²) in [6.45, 7) is 6.36. The number of ether oxygens (including phenoxy) is 1. The fourth-order valence-corrected chi connectivity index (χ4v) is 5.05. The molecule has 1 saturated heterocycles. The van der Waals surface area contributed by atoms with Crippen LogP contribution in [0.4, 0.5) is 11.4 Å². The Morgan fingerprint density at radius 3 is 2.50 bits per heavy atom. The van der Waals surface area contributed by atoms with Crippen molar-refractivity contribution in [2.45, 2.75) is 45.6 Å². The Kier molecular flexibility index (Phi) is 6.93. The van der Waals surface area contributed by atoms with Crippen molar-refractivity contribution in [2.24, 2.45) is 0 Å². The Bertz CT molecular complexity index is 1230. The van der Waals surface area contributed by atoms with E-state index in [-0.39, 0.29) is 18.2 Å². The maximum Gasteiger partial charge on any atom is 0.265 e. The molecule has 0 bridgehead atoms. The quantitative estimate of drug-likeness (QED) is 0.566. The van der Waals surface area contributed by atoms with Gasteiger partial charge in [0.15, 0.2) is 6.10 Å². The van der Waals surface area contributed by atoms with Crippen molar-refractivity contribution in [1.82, 2.24) is 14.7 Å². The minimum atomic E-state index is -0.561. The third kappa shape index (κ3) is 4.94. The molecule has 3 aromatic rings. The van der Waals surface area contributed by atoms with Crippen LogP contribution in [0.15, 0.2) is 54.6 Å². The Morgan fingerprint density at radius 2 is 1.72 bits per heavy atom. The number of aryl methyl sites for hydroxylation is 1. The van der Waals surface area contributed by atoms with Crippen molar-refractivity contribution in [3.63, 3.8) is 0 Å². The van der Waals surface area contributed by atoms with E-state index in [1.807, 2.05) is 78.0 Å². The van der Waals surface area contributed by atoms with E-state index in [1.54, 1.807) is 0 Å². The molecule has 0 spiro atoms. The van der Waals surface area contributed by atoms with Crippen LogP contribution in [0.2, 0.25) is 0 Å². The molecule has 36 heavy (non-hydrogen) atoms. The number of aromatic nitrogens is 2. The zero-order valence-corrected chi connectivity index (χ0v) is 20.9. The molecular weight excluding hydrogens is 454 g/mol. The molecule has 1 aromatic heterocycles. The van der Waals surface area contributed by atoms with Gasteiger partial charge in [0.2, 0.25) is 5.91 Å². The van der Waals surface area contributed by atoms with Crippen molar-refractivity contribution in [1.29, 1.82) is 0 Å². The molecule has 2 aliphatic rings. The summed E-state index contributed by atoms with van der Waals surface area (Å²) in [5.41, 5.74) is 4.26. The molecule has 8 nitrogen and oxygen atoms in total. The van der Waals surface area contributed by atoms with Gasteiger partial charge in [-0.2, -0.15) is 5.10 Å². The number of likely N-dealkylation sites (tertiary alicyclic amines) is 1. The molecule has 2 aliphatic heterocycles. The first-order valence-electron chi connectivity index (χ1n) is 12.7. The molecule has 3 heterocycles. The van der Waals surface area contributed by atoms with Gasteiger partial charge < -0.3 is 19.9 Å². The summed E-state index contributed by atoms with van der Waals surface area (Å²) < 4.78 is 7.96. The summed E-state index contributed by atoms with van der Waals surface area (Å²) in [6, 6.07) is 17.6. The first-order valence-corrected chi connectivity index (χ1v) is 12.7. The lowest BCUT2D eigenvalue weighted by atomic mass is 10.1. The van der Waals surface area contributed by atoms with E-state index in [2.05, 4.69) is 15.3 Å². The molecule has 1 N–H and O–H groups in total. The molecule has 2 amide bonds. The fraction of sp³-hybridized carbons (Fsp3) is 0.393. The Morgan fingerprint density at radius 1 is 1.00 bits per heavy atom. The highest BCUT2D eigenvalue weighted by Crippen LogP contribution is 2.34. The van der Waals surface area contributed by atoms with E-state index >= 15 is 0 Å². The van der Waals surface area contributed by atoms with Crippen LogP contribution in [0.1, 0.15) is 37.1 Å². The summed E-state index contributed by atoms with van der Waals surface area (Å²) in [7, 11) is 0. The zero-order chi connectivity index (χ0) is 25.1. The van der Waals surface area contributed by atoms with Gasteiger partial charge in [0, 0.05) is 26.1 Å². The smallest absolute Gasteiger partial charge is 0.265 e. The normalized spacial score (nSPS) is 17.3. The predicted molar refractivity (Wildman–Crippen MR) is 140 cm³/mol. The lowest BCUT2D eigenvalue weighted by Crippen LogP contribution is -2.51. The molecule has 8 heteroatoms. The van der Waals surface area contributed by atoms with Crippen LogP contribution in [0.5, 0.6) is 5.75 Å². The number of anilines is 2. The van der Waals surface area contributed by atoms with E-state index in [0.717, 1.165) is 54.4 Å². The average Bonchev–Trinajstić information content (AvgIpc) is 3.20. The molecule has 0 aliphatic carbocycles. The van der Waals surface area contributed by atoms with E-state index in [0.29, 0.717) is 18.8 Å². The highest BCUT2D eigenvalue weighted by Gasteiger charge is 2.34. The van der Waals surface area contributed by atoms with Crippen LogP contribution in [-0.2, 0) is 9.59 Å². The van der Waals surface area contributed by atoms with Crippen LogP contribution >= 0.6 is 0 Å². The van der Waals surface area contributed by atoms with Gasteiger partial charge in [0.1, 0.15) is 5.75 Å². The van der Waals surface area contributed by atoms with Gasteiger partial charge in [-0.05, 0) is 57.4 Å². The van der Waals surface area contributed by atoms with E-state index in [1.165, 1.54) is 6.42 Å². The average molecular weight is 488 g/mol. The highest BCUT2D eigenvalue weighted by molar-refractivity contribution is 5.92. The van der Waals surface area contributed by atoms with Gasteiger partial charge in [-0.25, -0.2) is 4.68 Å². The molecule has 5 rings (SSSR count). The second-order valence-corrected chi connectivity index (χ2v) is 9.50. The third-order valence-electron chi connectivity index (χ3n) is 6.97. The molecule has 0 saturated carbocycles. The van der Waals surface area contributed by atoms with Crippen LogP contribution in [0, 0.1) is 13.8 Å². The summed E-state index contributed by atoms with van der Waals surface area (Å²) >= 11 is 0. The SMILES string of the molecule is Cc1nn(-c2ccccc2)c(C)c1NC(=O)CCN1CC(C(=O)N2CCCCC2)Oc2ccccc21. The second kappa shape index (κ2) is 10.4. The number of carbonyl (C=O) groups excluding carboxylic acids is 2. The summed E-state index contributed by atoms with van der Waals surface area (Å²) in [6.07, 6.45) is 2.98. The minimum Gasteiger partial charge on any atom is -0.477 e. The standard InChI is InChI=1S/C28H33N5O3/c1-20-27(21(2)33(30-20)22-11-5-3-6-12-22)29-26(34)15-18-32-19-25(28(35)31-16-9-4-10-17-31)36-24-14-8-7-13-23(24)32/h3,5-8,11-14,25H,4,9-10,15-19H2,1-2H3,(H,29,34). The maximum atomic E-state index is 13.2. The molecule has 2 aromatic carbocycles. The van der Waals surface area contributed by atoms with Crippen LogP contribution in [0.25, 0.3) is 5.69 Å². The Hall–Kier alpha value is -3.81. The van der Waals surface area contributed by atoms with Crippen molar-refractivity contribution in [3.05, 3.63) is 66.0 Å². The minimum absolute atomic E-state index is 0.0400. The Balaban J connectivity index is 1.26. The predicted octanol–water partition coefficient (Wildman–Crippen LogP) is 4.10. The lowest BCUT2D eigenvalue weighted by molar-refractivity contribution is -0.139. The van der Waals surface area contributed by atoms with Gasteiger partial charge >= 0.3 is 0 Å². The van der Waals surface area contributed by atoms with E-state index in [4.69, 9.17) is 4.74 Å². The maximum absolute atomic E-state index is 13.2. The van der Waals surface area contributed by atoms with Crippen LogP contribution in [-0.4, -0.2) is 58.8 Å². The van der Waals surface area contributed by atoms with Gasteiger partial charge in [0.05, 0.1) is 35.0 Å². The number of nitrogens with one attached hydrogen (secondary N) is 1. The lowest BCUT2D eigenvalue weighted by Gasteiger charge is -2.38. The first-order chi connectivity index (χ1) is 17.5. The molecule has 1 fully saturated rings. The van der Waals surface area contributed by atoms with Crippen molar-refractivity contribution < 1.29 is 14.3 Å². The largest absolute Gasteiger partial charge is 0.477 e. The summed E-state index contributed by atoms with van der Waals surface area (Å²) in [4.78, 5) is 30.2. The topological polar surface area (TPSA) is 79.7 Å². The van der Waals surface area contributed by atoms with E-state index in [9.17, 15) is 9.59 Å². The number of hydrogen-bond donors (Lipinski definition) is 1. The van der Waals surface area contributed by atoms with Crippen molar-refractivity contribution in [2.75, 3.05) is 36.4 Å². The number of benzene rings is 2. The molecule has 188 valence electrons. The monoisotopic (exact) mass is 487 g/mol. The fourth-order valence-electron chi connectivity index (χ4n) is 5.05. The van der Waals surface area contributed by atoms with Gasteiger partial charge in [-0.15, -0.1) is 0 Å². The number of nitrogens with zero attached hydrogens (tertiary/aromatic N) is 4. The third-order valence-corrected chi connectivity index (χ3v) is 6.97. The molecule has 0 radical (unpaired) electrons. The van der Waals surface area contributed by atoms with E-state index < -0.39 is 6.10 Å². The zero-order valence-electron chi connectivity index (χ0n) is 20.9. The number of piperidine rings is 1. The first kappa shape index (κ1) is 23.9. The molecule has 1 atom stereocenters. The number of para-hydroxylation sites is 3. The number of rotatable bonds is 6. The molecule has 1 unspecified atom stereocenters. The van der Waals surface area contributed by atoms with Crippen molar-refractivity contribution >= 4 is 23.2 Å². The number of carbonyl (C=O) groups is 2.